The summed E-state index contributed by atoms with van der Waals surface area (Å²) in [5, 5.41) is 9.66. The summed E-state index contributed by atoms with van der Waals surface area (Å²) in [5.41, 5.74) is 2.19. The Balaban J connectivity index is 1.53. The number of amides is 3. The molecule has 5 atom stereocenters. The highest BCUT2D eigenvalue weighted by atomic mass is 35.5. The normalized spacial score (nSPS) is 24.3. The van der Waals surface area contributed by atoms with Crippen LogP contribution in [0.3, 0.4) is 0 Å². The van der Waals surface area contributed by atoms with Gasteiger partial charge >= 0.3 is 0 Å². The van der Waals surface area contributed by atoms with Crippen LogP contribution < -0.4 is 14.5 Å². The molecule has 47 heavy (non-hydrogen) atoms. The summed E-state index contributed by atoms with van der Waals surface area (Å²) < 4.78 is 4.88. The smallest absolute Gasteiger partial charge is 0.251 e. The number of hydrogen-bond donors (Lipinski definition) is 1. The van der Waals surface area contributed by atoms with Crippen molar-refractivity contribution in [1.29, 1.82) is 0 Å². The Morgan fingerprint density at radius 3 is 2.43 bits per heavy atom. The monoisotopic (exact) mass is 679 g/mol. The Morgan fingerprint density at radius 1 is 1.06 bits per heavy atom. The summed E-state index contributed by atoms with van der Waals surface area (Å²) in [4.78, 5) is 49.3. The quantitative estimate of drug-likeness (QED) is 0.163. The van der Waals surface area contributed by atoms with E-state index in [0.717, 1.165) is 30.6 Å². The van der Waals surface area contributed by atoms with Gasteiger partial charge in [-0.2, -0.15) is 0 Å². The molecule has 3 heterocycles. The first-order chi connectivity index (χ1) is 22.7. The van der Waals surface area contributed by atoms with Crippen molar-refractivity contribution in [2.45, 2.75) is 68.4 Å². The molecule has 0 aromatic heterocycles. The van der Waals surface area contributed by atoms with Crippen LogP contribution in [0.1, 0.15) is 51.0 Å². The Morgan fingerprint density at radius 2 is 1.77 bits per heavy atom. The minimum absolute atomic E-state index is 0.0802. The van der Waals surface area contributed by atoms with Crippen LogP contribution in [0.5, 0.6) is 5.75 Å². The van der Waals surface area contributed by atoms with Gasteiger partial charge in [0.25, 0.3) is 5.91 Å². The van der Waals surface area contributed by atoms with Crippen molar-refractivity contribution in [3.63, 3.8) is 0 Å². The fraction of sp³-hybridized carbons (Fsp3) is 0.486. The Kier molecular flexibility index (Phi) is 11.4. The third-order valence-corrected chi connectivity index (χ3v) is 12.0. The number of carbonyl (C=O) groups is 3. The highest BCUT2D eigenvalue weighted by Gasteiger charge is 2.74. The minimum atomic E-state index is -0.750. The number of benzene rings is 2. The molecule has 3 aliphatic heterocycles. The number of likely N-dealkylation sites (tertiary alicyclic amines) is 1. The predicted molar refractivity (Wildman–Crippen MR) is 190 cm³/mol. The minimum Gasteiger partial charge on any atom is -0.494 e. The molecule has 5 rings (SSSR count). The lowest BCUT2D eigenvalue weighted by molar-refractivity contribution is -0.139. The fourth-order valence-corrected chi connectivity index (χ4v) is 10.3. The number of aryl methyl sites for hydroxylation is 1. The Bertz CT molecular complexity index is 1460. The molecule has 1 spiro atoms. The van der Waals surface area contributed by atoms with Crippen molar-refractivity contribution in [2.24, 2.45) is 11.8 Å². The number of aliphatic hydroxyl groups is 1. The molecule has 1 N–H and O–H groups in total. The summed E-state index contributed by atoms with van der Waals surface area (Å²) in [7, 11) is 0. The number of halogens is 1. The first-order valence-electron chi connectivity index (χ1n) is 16.7. The average molecular weight is 680 g/mol. The maximum atomic E-state index is 14.9. The SMILES string of the molecule is C=CCN(C(=O)[C@@H]1[C@H]2C(=O)N(CCCCCCO)C(C(=O)N(CC=C)c3c(C)cccc3Cl)C23CC[C@H]1S3)c1ccc(OCC)cc1. The summed E-state index contributed by atoms with van der Waals surface area (Å²) in [6.07, 6.45) is 7.86. The molecule has 0 radical (unpaired) electrons. The number of anilines is 2. The first-order valence-corrected chi connectivity index (χ1v) is 17.9. The van der Waals surface area contributed by atoms with Crippen LogP contribution in [0.15, 0.2) is 67.8 Å². The summed E-state index contributed by atoms with van der Waals surface area (Å²) in [6, 6.07) is 12.2. The lowest BCUT2D eigenvalue weighted by atomic mass is 9.70. The maximum Gasteiger partial charge on any atom is 0.251 e. The molecule has 3 amide bonds. The number of ether oxygens (including phenoxy) is 1. The zero-order valence-corrected chi connectivity index (χ0v) is 29.0. The zero-order chi connectivity index (χ0) is 33.7. The molecule has 0 saturated carbocycles. The molecule has 3 aliphatic rings. The molecule has 2 bridgehead atoms. The third-order valence-electron chi connectivity index (χ3n) is 9.70. The molecular weight excluding hydrogens is 634 g/mol. The Labute approximate surface area is 287 Å². The van der Waals surface area contributed by atoms with E-state index in [-0.39, 0.29) is 36.1 Å². The van der Waals surface area contributed by atoms with Gasteiger partial charge in [0, 0.05) is 37.2 Å². The second-order valence-electron chi connectivity index (χ2n) is 12.5. The molecule has 10 heteroatoms. The molecule has 3 saturated heterocycles. The van der Waals surface area contributed by atoms with Crippen LogP contribution >= 0.6 is 23.4 Å². The van der Waals surface area contributed by atoms with Gasteiger partial charge < -0.3 is 24.5 Å². The van der Waals surface area contributed by atoms with Gasteiger partial charge in [0.15, 0.2) is 0 Å². The average Bonchev–Trinajstić information content (AvgIpc) is 3.70. The van der Waals surface area contributed by atoms with Crippen LogP contribution in [0.25, 0.3) is 0 Å². The van der Waals surface area contributed by atoms with Gasteiger partial charge in [0.1, 0.15) is 11.8 Å². The van der Waals surface area contributed by atoms with Crippen LogP contribution in [0.2, 0.25) is 5.02 Å². The first kappa shape index (κ1) is 35.0. The molecular formula is C37H46ClN3O5S. The molecule has 0 aliphatic carbocycles. The number of aliphatic hydroxyl groups excluding tert-OH is 1. The number of para-hydroxylation sites is 1. The second kappa shape index (κ2) is 15.3. The lowest BCUT2D eigenvalue weighted by Gasteiger charge is -2.38. The number of hydrogen-bond acceptors (Lipinski definition) is 6. The van der Waals surface area contributed by atoms with Crippen LogP contribution in [-0.2, 0) is 14.4 Å². The van der Waals surface area contributed by atoms with Crippen molar-refractivity contribution in [3.8, 4) is 5.75 Å². The molecule has 2 aromatic rings. The fourth-order valence-electron chi connectivity index (χ4n) is 7.76. The van der Waals surface area contributed by atoms with Gasteiger partial charge in [-0.1, -0.05) is 48.7 Å². The number of rotatable bonds is 16. The molecule has 3 fully saturated rings. The van der Waals surface area contributed by atoms with E-state index in [0.29, 0.717) is 55.4 Å². The van der Waals surface area contributed by atoms with E-state index < -0.39 is 22.6 Å². The summed E-state index contributed by atoms with van der Waals surface area (Å²) in [6.45, 7) is 13.3. The van der Waals surface area contributed by atoms with Gasteiger partial charge in [-0.05, 0) is 75.4 Å². The largest absolute Gasteiger partial charge is 0.494 e. The molecule has 2 unspecified atom stereocenters. The van der Waals surface area contributed by atoms with E-state index in [2.05, 4.69) is 13.2 Å². The zero-order valence-electron chi connectivity index (χ0n) is 27.4. The topological polar surface area (TPSA) is 90.4 Å². The summed E-state index contributed by atoms with van der Waals surface area (Å²) >= 11 is 8.37. The van der Waals surface area contributed by atoms with Crippen molar-refractivity contribution in [3.05, 3.63) is 78.4 Å². The molecule has 252 valence electrons. The van der Waals surface area contributed by atoms with E-state index in [4.69, 9.17) is 16.3 Å². The van der Waals surface area contributed by atoms with Crippen molar-refractivity contribution < 1.29 is 24.2 Å². The van der Waals surface area contributed by atoms with E-state index in [1.807, 2.05) is 50.2 Å². The maximum absolute atomic E-state index is 14.9. The molecule has 2 aromatic carbocycles. The second-order valence-corrected chi connectivity index (χ2v) is 14.5. The number of carbonyl (C=O) groups excluding carboxylic acids is 3. The van der Waals surface area contributed by atoms with Gasteiger partial charge in [0.2, 0.25) is 11.8 Å². The van der Waals surface area contributed by atoms with Crippen molar-refractivity contribution >= 4 is 52.5 Å². The van der Waals surface area contributed by atoms with E-state index >= 15 is 0 Å². The van der Waals surface area contributed by atoms with E-state index in [1.165, 1.54) is 0 Å². The highest BCUT2D eigenvalue weighted by Crippen LogP contribution is 2.67. The van der Waals surface area contributed by atoms with Gasteiger partial charge in [-0.25, -0.2) is 0 Å². The van der Waals surface area contributed by atoms with E-state index in [1.54, 1.807) is 44.7 Å². The van der Waals surface area contributed by atoms with Crippen molar-refractivity contribution in [2.75, 3.05) is 42.6 Å². The Hall–Kier alpha value is -3.27. The van der Waals surface area contributed by atoms with Crippen LogP contribution in [0.4, 0.5) is 11.4 Å². The standard InChI is InChI=1S/C37H46ClN3O5S/c1-5-21-39(26-15-17-27(18-16-26)46-7-3)34(43)30-29-19-20-37(47-29)31(30)35(44)41(23-10-8-9-11-24-42)33(37)36(45)40(22-6-2)32-25(4)13-12-14-28(32)38/h5-6,12-18,29-31,33,42H,1-2,7-11,19-24H2,3-4H3/t29-,30+,31+,33?,37?/m1/s1. The number of thioether (sulfide) groups is 1. The van der Waals surface area contributed by atoms with E-state index in [9.17, 15) is 19.5 Å². The van der Waals surface area contributed by atoms with Gasteiger partial charge in [0.05, 0.1) is 33.9 Å². The van der Waals surface area contributed by atoms with Crippen molar-refractivity contribution in [1.82, 2.24) is 4.90 Å². The number of fused-ring (bicyclic) bond motifs is 1. The summed E-state index contributed by atoms with van der Waals surface area (Å²) in [5.74, 6) is -0.916. The number of unbranched alkanes of at least 4 members (excludes halogenated alkanes) is 3. The van der Waals surface area contributed by atoms with Gasteiger partial charge in [-0.15, -0.1) is 24.9 Å². The lowest BCUT2D eigenvalue weighted by Crippen LogP contribution is -2.55. The van der Waals surface area contributed by atoms with Crippen LogP contribution in [0, 0.1) is 18.8 Å². The van der Waals surface area contributed by atoms with Gasteiger partial charge in [-0.3, -0.25) is 14.4 Å². The number of nitrogens with zero attached hydrogens (tertiary/aromatic N) is 3. The third kappa shape index (κ3) is 6.59. The van der Waals surface area contributed by atoms with Crippen LogP contribution in [-0.4, -0.2) is 76.6 Å². The molecule has 8 nitrogen and oxygen atoms in total. The predicted octanol–water partition coefficient (Wildman–Crippen LogP) is 6.43. The highest BCUT2D eigenvalue weighted by molar-refractivity contribution is 8.02.